The fraction of sp³-hybridized carbons (Fsp3) is 0.611. The van der Waals surface area contributed by atoms with Gasteiger partial charge in [0.25, 0.3) is 0 Å². The Hall–Kier alpha value is -1.06. The number of hydrogen-bond acceptors (Lipinski definition) is 2. The minimum absolute atomic E-state index is 0. The molecule has 1 aromatic carbocycles. The average Bonchev–Trinajstić information content (AvgIpc) is 3.28. The number of nitrogens with two attached hydrogens (primary N) is 1. The molecule has 0 aliphatic heterocycles. The van der Waals surface area contributed by atoms with Gasteiger partial charge in [0, 0.05) is 18.6 Å². The zero-order chi connectivity index (χ0) is 15.6. The van der Waals surface area contributed by atoms with Crippen molar-refractivity contribution in [3.63, 3.8) is 0 Å². The largest absolute Gasteiger partial charge is 0.335 e. The molecule has 3 nitrogen and oxygen atoms in total. The molecule has 1 aliphatic rings. The van der Waals surface area contributed by atoms with Crippen molar-refractivity contribution in [2.45, 2.75) is 65.1 Å². The fourth-order valence-corrected chi connectivity index (χ4v) is 2.46. The molecule has 0 saturated heterocycles. The normalized spacial score (nSPS) is 16.8. The van der Waals surface area contributed by atoms with Crippen LogP contribution in [0.4, 0.5) is 0 Å². The van der Waals surface area contributed by atoms with E-state index >= 15 is 0 Å². The molecule has 1 saturated carbocycles. The Kier molecular flexibility index (Phi) is 6.89. The highest BCUT2D eigenvalue weighted by Gasteiger charge is 2.35. The summed E-state index contributed by atoms with van der Waals surface area (Å²) in [6, 6.07) is 8.96. The predicted molar refractivity (Wildman–Crippen MR) is 94.2 cm³/mol. The van der Waals surface area contributed by atoms with Crippen LogP contribution in [-0.2, 0) is 11.3 Å². The molecule has 1 aromatic rings. The van der Waals surface area contributed by atoms with Crippen LogP contribution in [0.5, 0.6) is 0 Å². The topological polar surface area (TPSA) is 46.3 Å². The maximum atomic E-state index is 12.6. The second kappa shape index (κ2) is 7.98. The van der Waals surface area contributed by atoms with E-state index in [1.54, 1.807) is 0 Å². The molecule has 2 N–H and O–H groups in total. The third-order valence-electron chi connectivity index (χ3n) is 4.45. The average molecular weight is 325 g/mol. The molecule has 1 fully saturated rings. The van der Waals surface area contributed by atoms with Gasteiger partial charge in [0.2, 0.25) is 5.91 Å². The van der Waals surface area contributed by atoms with E-state index in [4.69, 9.17) is 5.73 Å². The lowest BCUT2D eigenvalue weighted by molar-refractivity contribution is -0.136. The van der Waals surface area contributed by atoms with Gasteiger partial charge < -0.3 is 10.6 Å². The van der Waals surface area contributed by atoms with Gasteiger partial charge in [-0.3, -0.25) is 4.79 Å². The zero-order valence-electron chi connectivity index (χ0n) is 14.1. The van der Waals surface area contributed by atoms with Crippen LogP contribution >= 0.6 is 12.4 Å². The molecule has 2 rings (SSSR count). The van der Waals surface area contributed by atoms with Crippen LogP contribution in [0.3, 0.4) is 0 Å². The molecule has 0 bridgehead atoms. The summed E-state index contributed by atoms with van der Waals surface area (Å²) in [6.45, 7) is 8.94. The first-order valence-corrected chi connectivity index (χ1v) is 8.05. The molecular weight excluding hydrogens is 296 g/mol. The molecule has 2 unspecified atom stereocenters. The van der Waals surface area contributed by atoms with Gasteiger partial charge in [-0.25, -0.2) is 0 Å². The smallest absolute Gasteiger partial charge is 0.227 e. The Labute approximate surface area is 140 Å². The monoisotopic (exact) mass is 324 g/mol. The molecule has 0 heterocycles. The summed E-state index contributed by atoms with van der Waals surface area (Å²) < 4.78 is 0. The van der Waals surface area contributed by atoms with Gasteiger partial charge >= 0.3 is 0 Å². The molecule has 124 valence electrons. The van der Waals surface area contributed by atoms with E-state index < -0.39 is 0 Å². The van der Waals surface area contributed by atoms with E-state index in [1.807, 2.05) is 18.7 Å². The predicted octanol–water partition coefficient (Wildman–Crippen LogP) is 3.71. The molecule has 0 spiro atoms. The van der Waals surface area contributed by atoms with Gasteiger partial charge in [-0.2, -0.15) is 0 Å². The first kappa shape index (κ1) is 19.0. The van der Waals surface area contributed by atoms with E-state index in [9.17, 15) is 4.79 Å². The van der Waals surface area contributed by atoms with Crippen molar-refractivity contribution >= 4 is 18.3 Å². The van der Waals surface area contributed by atoms with Gasteiger partial charge in [-0.1, -0.05) is 45.0 Å². The SMILES string of the molecule is CC(C)c1ccc(CN(C(=O)C(C)C(C)N)C2CC2)cc1.Cl. The number of hydrogen-bond donors (Lipinski definition) is 1. The number of benzene rings is 1. The second-order valence-corrected chi connectivity index (χ2v) is 6.74. The lowest BCUT2D eigenvalue weighted by Crippen LogP contribution is -2.42. The van der Waals surface area contributed by atoms with Gasteiger partial charge in [0.05, 0.1) is 5.92 Å². The summed E-state index contributed by atoms with van der Waals surface area (Å²) in [5.74, 6) is 0.624. The highest BCUT2D eigenvalue weighted by atomic mass is 35.5. The summed E-state index contributed by atoms with van der Waals surface area (Å²) in [6.07, 6.45) is 2.25. The first-order valence-electron chi connectivity index (χ1n) is 8.05. The van der Waals surface area contributed by atoms with E-state index in [1.165, 1.54) is 11.1 Å². The van der Waals surface area contributed by atoms with Gasteiger partial charge in [-0.05, 0) is 36.8 Å². The third kappa shape index (κ3) is 4.72. The van der Waals surface area contributed by atoms with Crippen LogP contribution in [0.25, 0.3) is 0 Å². The molecule has 2 atom stereocenters. The maximum absolute atomic E-state index is 12.6. The van der Waals surface area contributed by atoms with Crippen molar-refractivity contribution in [3.05, 3.63) is 35.4 Å². The molecule has 1 amide bonds. The summed E-state index contributed by atoms with van der Waals surface area (Å²) in [5, 5.41) is 0. The molecule has 4 heteroatoms. The number of amides is 1. The number of rotatable bonds is 6. The third-order valence-corrected chi connectivity index (χ3v) is 4.45. The number of carbonyl (C=O) groups is 1. The molecule has 1 aliphatic carbocycles. The van der Waals surface area contributed by atoms with Gasteiger partial charge in [-0.15, -0.1) is 12.4 Å². The highest BCUT2D eigenvalue weighted by Crippen LogP contribution is 2.30. The van der Waals surface area contributed by atoms with E-state index in [2.05, 4.69) is 38.1 Å². The maximum Gasteiger partial charge on any atom is 0.227 e. The van der Waals surface area contributed by atoms with Crippen LogP contribution < -0.4 is 5.73 Å². The Bertz CT molecular complexity index is 480. The lowest BCUT2D eigenvalue weighted by Gasteiger charge is -2.27. The first-order chi connectivity index (χ1) is 9.90. The zero-order valence-corrected chi connectivity index (χ0v) is 14.9. The van der Waals surface area contributed by atoms with E-state index in [0.29, 0.717) is 18.5 Å². The lowest BCUT2D eigenvalue weighted by atomic mass is 10.0. The Morgan fingerprint density at radius 1 is 1.18 bits per heavy atom. The van der Waals surface area contributed by atoms with Crippen molar-refractivity contribution in [1.82, 2.24) is 4.90 Å². The standard InChI is InChI=1S/C18H28N2O.ClH/c1-12(2)16-7-5-15(6-8-16)11-20(17-9-10-17)18(21)13(3)14(4)19;/h5-8,12-14,17H,9-11,19H2,1-4H3;1H. The van der Waals surface area contributed by atoms with Crippen molar-refractivity contribution < 1.29 is 4.79 Å². The van der Waals surface area contributed by atoms with Crippen LogP contribution in [0.1, 0.15) is 57.6 Å². The quantitative estimate of drug-likeness (QED) is 0.867. The van der Waals surface area contributed by atoms with Crippen molar-refractivity contribution in [2.24, 2.45) is 11.7 Å². The highest BCUT2D eigenvalue weighted by molar-refractivity contribution is 5.85. The fourth-order valence-electron chi connectivity index (χ4n) is 2.46. The summed E-state index contributed by atoms with van der Waals surface area (Å²) >= 11 is 0. The second-order valence-electron chi connectivity index (χ2n) is 6.74. The number of halogens is 1. The number of carbonyl (C=O) groups excluding carboxylic acids is 1. The van der Waals surface area contributed by atoms with Crippen LogP contribution in [0.2, 0.25) is 0 Å². The Morgan fingerprint density at radius 3 is 2.14 bits per heavy atom. The van der Waals surface area contributed by atoms with Crippen molar-refractivity contribution in [2.75, 3.05) is 0 Å². The van der Waals surface area contributed by atoms with Crippen molar-refractivity contribution in [3.8, 4) is 0 Å². The van der Waals surface area contributed by atoms with Gasteiger partial charge in [0.15, 0.2) is 0 Å². The van der Waals surface area contributed by atoms with E-state index in [-0.39, 0.29) is 30.3 Å². The summed E-state index contributed by atoms with van der Waals surface area (Å²) in [4.78, 5) is 14.6. The van der Waals surface area contributed by atoms with Crippen molar-refractivity contribution in [1.29, 1.82) is 0 Å². The molecule has 22 heavy (non-hydrogen) atoms. The minimum Gasteiger partial charge on any atom is -0.335 e. The minimum atomic E-state index is -0.111. The van der Waals surface area contributed by atoms with Gasteiger partial charge in [0.1, 0.15) is 0 Å². The molecular formula is C18H29ClN2O. The van der Waals surface area contributed by atoms with Crippen LogP contribution in [0, 0.1) is 5.92 Å². The Morgan fingerprint density at radius 2 is 1.73 bits per heavy atom. The Balaban J connectivity index is 0.00000242. The molecule has 0 radical (unpaired) electrons. The summed E-state index contributed by atoms with van der Waals surface area (Å²) in [5.41, 5.74) is 8.44. The summed E-state index contributed by atoms with van der Waals surface area (Å²) in [7, 11) is 0. The number of nitrogens with zero attached hydrogens (tertiary/aromatic N) is 1. The van der Waals surface area contributed by atoms with Crippen LogP contribution in [-0.4, -0.2) is 22.9 Å². The van der Waals surface area contributed by atoms with E-state index in [0.717, 1.165) is 12.8 Å². The van der Waals surface area contributed by atoms with Crippen LogP contribution in [0.15, 0.2) is 24.3 Å². The molecule has 0 aromatic heterocycles.